The van der Waals surface area contributed by atoms with Crippen LogP contribution in [0.2, 0.25) is 0 Å². The van der Waals surface area contributed by atoms with Gasteiger partial charge >= 0.3 is 10.8 Å². The largest absolute Gasteiger partial charge is 0.480 e. The molecular weight excluding hydrogens is 460 g/mol. The maximum atomic E-state index is 13.6. The van der Waals surface area contributed by atoms with Crippen LogP contribution in [-0.2, 0) is 14.4 Å². The molecule has 2 aliphatic carbocycles. The number of nitrogens with one attached hydrogen (secondary N) is 1. The molecule has 1 aromatic carbocycles. The number of carboxylic acid groups (broad SMARTS) is 1. The summed E-state index contributed by atoms with van der Waals surface area (Å²) < 4.78 is 0. The summed E-state index contributed by atoms with van der Waals surface area (Å²) in [6, 6.07) is 8.95. The topological polar surface area (TPSA) is 108 Å². The SMILES string of the molecule is CC(C)C(C(=O)O)N1C(=O)C2C3CC(C2C1=O)C1C(c2ccccc2)c2sc(=O)[nH]c2SC31. The number of aliphatic carboxylic acids is 1. The number of imide groups is 1. The monoisotopic (exact) mass is 484 g/mol. The number of likely N-dealkylation sites (tertiary alicyclic amines) is 1. The van der Waals surface area contributed by atoms with Crippen LogP contribution in [0.15, 0.2) is 40.2 Å². The molecule has 2 amide bonds. The Morgan fingerprint density at radius 3 is 2.39 bits per heavy atom. The molecule has 0 spiro atoms. The lowest BCUT2D eigenvalue weighted by atomic mass is 9.68. The van der Waals surface area contributed by atoms with Crippen molar-refractivity contribution in [3.05, 3.63) is 50.4 Å². The normalized spacial score (nSPS) is 35.0. The summed E-state index contributed by atoms with van der Waals surface area (Å²) in [4.78, 5) is 56.3. The Bertz CT molecular complexity index is 1220. The van der Waals surface area contributed by atoms with Crippen LogP contribution >= 0.6 is 23.1 Å². The lowest BCUT2D eigenvalue weighted by Crippen LogP contribution is -2.49. The second-order valence-corrected chi connectivity index (χ2v) is 12.1. The van der Waals surface area contributed by atoms with Crippen molar-refractivity contribution in [3.63, 3.8) is 0 Å². The third-order valence-corrected chi connectivity index (χ3v) is 10.7. The number of carbonyl (C=O) groups is 3. The number of amides is 2. The molecule has 3 heterocycles. The van der Waals surface area contributed by atoms with Gasteiger partial charge in [0.15, 0.2) is 0 Å². The number of H-pyrrole nitrogens is 1. The van der Waals surface area contributed by atoms with Gasteiger partial charge < -0.3 is 10.1 Å². The van der Waals surface area contributed by atoms with Crippen molar-refractivity contribution in [1.82, 2.24) is 9.88 Å². The first-order chi connectivity index (χ1) is 15.8. The van der Waals surface area contributed by atoms with Gasteiger partial charge in [-0.2, -0.15) is 0 Å². The first-order valence-electron chi connectivity index (χ1n) is 11.3. The molecule has 172 valence electrons. The van der Waals surface area contributed by atoms with Gasteiger partial charge in [0.05, 0.1) is 16.9 Å². The van der Waals surface area contributed by atoms with Gasteiger partial charge in [-0.05, 0) is 35.7 Å². The Labute approximate surface area is 198 Å². The summed E-state index contributed by atoms with van der Waals surface area (Å²) in [6.07, 6.45) is 0.797. The fraction of sp³-hybridized carbons (Fsp3) is 0.500. The second-order valence-electron chi connectivity index (χ2n) is 9.94. The molecule has 7 nitrogen and oxygen atoms in total. The number of fused-ring (bicyclic) bond motifs is 9. The average Bonchev–Trinajstić information content (AvgIpc) is 3.49. The van der Waals surface area contributed by atoms with E-state index in [9.17, 15) is 24.3 Å². The maximum absolute atomic E-state index is 13.6. The summed E-state index contributed by atoms with van der Waals surface area (Å²) in [5.74, 6) is -2.94. The number of carbonyl (C=O) groups excluding carboxylic acids is 2. The van der Waals surface area contributed by atoms with E-state index in [0.717, 1.165) is 26.8 Å². The second kappa shape index (κ2) is 7.30. The minimum atomic E-state index is -1.13. The summed E-state index contributed by atoms with van der Waals surface area (Å²) in [6.45, 7) is 3.47. The van der Waals surface area contributed by atoms with Gasteiger partial charge in [-0.25, -0.2) is 4.79 Å². The van der Waals surface area contributed by atoms with E-state index in [-0.39, 0.29) is 51.5 Å². The van der Waals surface area contributed by atoms with Crippen molar-refractivity contribution < 1.29 is 19.5 Å². The highest BCUT2D eigenvalue weighted by Crippen LogP contribution is 2.68. The predicted octanol–water partition coefficient (Wildman–Crippen LogP) is 3.02. The molecular formula is C24H24N2O5S2. The third-order valence-electron chi connectivity index (χ3n) is 8.08. The van der Waals surface area contributed by atoms with Crippen molar-refractivity contribution in [1.29, 1.82) is 0 Å². The van der Waals surface area contributed by atoms with Gasteiger partial charge in [-0.15, -0.1) is 11.8 Å². The summed E-state index contributed by atoms with van der Waals surface area (Å²) >= 11 is 2.88. The maximum Gasteiger partial charge on any atom is 0.327 e. The van der Waals surface area contributed by atoms with E-state index >= 15 is 0 Å². The Kier molecular flexibility index (Phi) is 4.68. The number of aromatic nitrogens is 1. The van der Waals surface area contributed by atoms with Crippen molar-refractivity contribution in [2.45, 2.75) is 42.5 Å². The zero-order valence-electron chi connectivity index (χ0n) is 18.1. The lowest BCUT2D eigenvalue weighted by Gasteiger charge is -2.43. The molecule has 8 unspecified atom stereocenters. The number of nitrogens with zero attached hydrogens (tertiary/aromatic N) is 1. The average molecular weight is 485 g/mol. The summed E-state index contributed by atoms with van der Waals surface area (Å²) in [5, 5.41) is 10.8. The van der Waals surface area contributed by atoms with E-state index in [4.69, 9.17) is 0 Å². The number of rotatable bonds is 4. The van der Waals surface area contributed by atoms with E-state index in [1.807, 2.05) is 18.2 Å². The fourth-order valence-corrected chi connectivity index (χ4v) is 9.93. The molecule has 2 saturated carbocycles. The standard InChI is InChI=1S/C24H24N2O5S2/c1-9(2)17(23(29)30)26-21(27)15-11-8-12(16(15)22(26)28)18-14(11)13(10-6-4-3-5-7-10)19-20(32-18)25-24(31)33-19/h3-7,9,11-18H,8H2,1-2H3,(H,25,31)(H,29,30). The van der Waals surface area contributed by atoms with Crippen molar-refractivity contribution in [2.75, 3.05) is 0 Å². The number of hydrogen-bond donors (Lipinski definition) is 2. The number of hydrogen-bond acceptors (Lipinski definition) is 6. The highest BCUT2D eigenvalue weighted by molar-refractivity contribution is 8.00. The number of thioether (sulfide) groups is 1. The van der Waals surface area contributed by atoms with Gasteiger partial charge in [0.2, 0.25) is 11.8 Å². The van der Waals surface area contributed by atoms with Crippen LogP contribution in [0.25, 0.3) is 0 Å². The van der Waals surface area contributed by atoms with Crippen molar-refractivity contribution >= 4 is 40.9 Å². The van der Waals surface area contributed by atoms with Gasteiger partial charge in [0.1, 0.15) is 6.04 Å². The Balaban J connectivity index is 1.44. The van der Waals surface area contributed by atoms with E-state index < -0.39 is 23.8 Å². The van der Waals surface area contributed by atoms with Crippen LogP contribution in [-0.4, -0.2) is 44.1 Å². The Morgan fingerprint density at radius 1 is 1.09 bits per heavy atom. The molecule has 1 aromatic heterocycles. The van der Waals surface area contributed by atoms with E-state index in [0.29, 0.717) is 0 Å². The molecule has 2 bridgehead atoms. The molecule has 9 heteroatoms. The number of thiazole rings is 1. The van der Waals surface area contributed by atoms with Crippen molar-refractivity contribution in [2.24, 2.45) is 35.5 Å². The van der Waals surface area contributed by atoms with Crippen LogP contribution < -0.4 is 4.87 Å². The third kappa shape index (κ3) is 2.81. The first-order valence-corrected chi connectivity index (χ1v) is 13.0. The van der Waals surface area contributed by atoms with Crippen LogP contribution in [0.4, 0.5) is 0 Å². The summed E-state index contributed by atoms with van der Waals surface area (Å²) in [7, 11) is 0. The zero-order valence-corrected chi connectivity index (χ0v) is 19.8. The highest BCUT2D eigenvalue weighted by Gasteiger charge is 2.70. The number of aromatic amines is 1. The minimum absolute atomic E-state index is 0.000761. The summed E-state index contributed by atoms with van der Waals surface area (Å²) in [5.41, 5.74) is 1.12. The molecule has 2 N–H and O–H groups in total. The molecule has 6 rings (SSSR count). The van der Waals surface area contributed by atoms with E-state index in [2.05, 4.69) is 17.1 Å². The molecule has 2 aromatic rings. The first kappa shape index (κ1) is 21.2. The molecule has 8 atom stereocenters. The fourth-order valence-electron chi connectivity index (χ4n) is 7.04. The lowest BCUT2D eigenvalue weighted by molar-refractivity contribution is -0.157. The van der Waals surface area contributed by atoms with Gasteiger partial charge in [-0.3, -0.25) is 19.3 Å². The smallest absolute Gasteiger partial charge is 0.327 e. The van der Waals surface area contributed by atoms with Gasteiger partial charge in [0, 0.05) is 16.0 Å². The molecule has 0 radical (unpaired) electrons. The zero-order chi connectivity index (χ0) is 23.2. The van der Waals surface area contributed by atoms with Crippen molar-refractivity contribution in [3.8, 4) is 0 Å². The molecule has 2 aliphatic heterocycles. The quantitative estimate of drug-likeness (QED) is 0.646. The molecule has 33 heavy (non-hydrogen) atoms. The van der Waals surface area contributed by atoms with E-state index in [1.54, 1.807) is 25.6 Å². The number of benzene rings is 1. The van der Waals surface area contributed by atoms with Crippen LogP contribution in [0.1, 0.15) is 36.6 Å². The highest BCUT2D eigenvalue weighted by atomic mass is 32.2. The minimum Gasteiger partial charge on any atom is -0.480 e. The van der Waals surface area contributed by atoms with Gasteiger partial charge in [-0.1, -0.05) is 55.5 Å². The number of carboxylic acids is 1. The Hall–Kier alpha value is -2.39. The molecule has 4 aliphatic rings. The molecule has 3 fully saturated rings. The predicted molar refractivity (Wildman–Crippen MR) is 123 cm³/mol. The Morgan fingerprint density at radius 2 is 1.76 bits per heavy atom. The van der Waals surface area contributed by atoms with Gasteiger partial charge in [0.25, 0.3) is 0 Å². The molecule has 1 saturated heterocycles. The van der Waals surface area contributed by atoms with Crippen LogP contribution in [0.5, 0.6) is 0 Å². The van der Waals surface area contributed by atoms with E-state index in [1.165, 1.54) is 11.3 Å². The van der Waals surface area contributed by atoms with Crippen LogP contribution in [0, 0.1) is 35.5 Å². The van der Waals surface area contributed by atoms with Crippen LogP contribution in [0.3, 0.4) is 0 Å².